The first-order chi connectivity index (χ1) is 7.92. The fourth-order valence-corrected chi connectivity index (χ4v) is 2.74. The van der Waals surface area contributed by atoms with Crippen molar-refractivity contribution in [3.05, 3.63) is 0 Å². The van der Waals surface area contributed by atoms with E-state index in [1.54, 1.807) is 0 Å². The Labute approximate surface area is 109 Å². The predicted octanol–water partition coefficient (Wildman–Crippen LogP) is 2.43. The highest BCUT2D eigenvalue weighted by Crippen LogP contribution is 2.68. The van der Waals surface area contributed by atoms with E-state index < -0.39 is 11.5 Å². The second kappa shape index (κ2) is 4.25. The SMILES string of the molecule is CC(C)(CCC(=O)O)NC(=O)C1C(C)(C)C1(C)C. The Hall–Kier alpha value is -1.06. The summed E-state index contributed by atoms with van der Waals surface area (Å²) in [5.41, 5.74) is -0.440. The van der Waals surface area contributed by atoms with Crippen LogP contribution in [0, 0.1) is 16.7 Å². The van der Waals surface area contributed by atoms with E-state index in [-0.39, 0.29) is 29.1 Å². The second-order valence-electron chi connectivity index (χ2n) is 7.14. The van der Waals surface area contributed by atoms with Gasteiger partial charge in [-0.2, -0.15) is 0 Å². The van der Waals surface area contributed by atoms with E-state index in [1.807, 2.05) is 13.8 Å². The van der Waals surface area contributed by atoms with Crippen LogP contribution in [0.1, 0.15) is 54.4 Å². The molecule has 4 nitrogen and oxygen atoms in total. The van der Waals surface area contributed by atoms with Gasteiger partial charge in [-0.1, -0.05) is 27.7 Å². The number of carboxylic acid groups (broad SMARTS) is 1. The van der Waals surface area contributed by atoms with Crippen LogP contribution >= 0.6 is 0 Å². The molecule has 0 radical (unpaired) electrons. The molecular weight excluding hydrogens is 230 g/mol. The molecule has 0 aromatic heterocycles. The molecule has 104 valence electrons. The number of hydrogen-bond donors (Lipinski definition) is 2. The third-order valence-corrected chi connectivity index (χ3v) is 4.71. The molecule has 0 unspecified atom stereocenters. The van der Waals surface area contributed by atoms with Crippen LogP contribution < -0.4 is 5.32 Å². The van der Waals surface area contributed by atoms with Crippen molar-refractivity contribution in [2.75, 3.05) is 0 Å². The third kappa shape index (κ3) is 2.68. The highest BCUT2D eigenvalue weighted by molar-refractivity contribution is 5.84. The zero-order chi connectivity index (χ0) is 14.4. The summed E-state index contributed by atoms with van der Waals surface area (Å²) in [5.74, 6) is -0.779. The average Bonchev–Trinajstić information content (AvgIpc) is 2.53. The summed E-state index contributed by atoms with van der Waals surface area (Å²) in [4.78, 5) is 22.8. The minimum Gasteiger partial charge on any atom is -0.481 e. The molecule has 1 aliphatic rings. The first-order valence-electron chi connectivity index (χ1n) is 6.45. The molecule has 1 fully saturated rings. The summed E-state index contributed by atoms with van der Waals surface area (Å²) in [6.07, 6.45) is 0.520. The fraction of sp³-hybridized carbons (Fsp3) is 0.857. The van der Waals surface area contributed by atoms with Crippen LogP contribution in [0.15, 0.2) is 0 Å². The lowest BCUT2D eigenvalue weighted by atomic mass is 9.97. The molecule has 1 amide bonds. The van der Waals surface area contributed by atoms with Crippen LogP contribution in [0.5, 0.6) is 0 Å². The second-order valence-corrected chi connectivity index (χ2v) is 7.14. The molecular formula is C14H25NO3. The molecule has 0 bridgehead atoms. The number of rotatable bonds is 5. The lowest BCUT2D eigenvalue weighted by Crippen LogP contribution is -2.45. The Morgan fingerprint density at radius 3 is 1.94 bits per heavy atom. The predicted molar refractivity (Wildman–Crippen MR) is 70.1 cm³/mol. The summed E-state index contributed by atoms with van der Waals surface area (Å²) < 4.78 is 0. The van der Waals surface area contributed by atoms with Crippen molar-refractivity contribution in [3.8, 4) is 0 Å². The van der Waals surface area contributed by atoms with Gasteiger partial charge in [0.25, 0.3) is 0 Å². The number of carboxylic acids is 1. The number of hydrogen-bond acceptors (Lipinski definition) is 2. The molecule has 0 heterocycles. The van der Waals surface area contributed by atoms with E-state index in [0.717, 1.165) is 0 Å². The Bertz CT molecular complexity index is 355. The van der Waals surface area contributed by atoms with E-state index in [2.05, 4.69) is 33.0 Å². The zero-order valence-electron chi connectivity index (χ0n) is 12.3. The summed E-state index contributed by atoms with van der Waals surface area (Å²) in [7, 11) is 0. The van der Waals surface area contributed by atoms with E-state index in [4.69, 9.17) is 5.11 Å². The topological polar surface area (TPSA) is 66.4 Å². The number of aliphatic carboxylic acids is 1. The van der Waals surface area contributed by atoms with Gasteiger partial charge >= 0.3 is 5.97 Å². The van der Waals surface area contributed by atoms with Gasteiger partial charge in [-0.3, -0.25) is 9.59 Å². The van der Waals surface area contributed by atoms with Gasteiger partial charge in [0.2, 0.25) is 5.91 Å². The maximum atomic E-state index is 12.2. The average molecular weight is 255 g/mol. The molecule has 0 spiro atoms. The van der Waals surface area contributed by atoms with Gasteiger partial charge in [0.1, 0.15) is 0 Å². The van der Waals surface area contributed by atoms with Gasteiger partial charge in [0, 0.05) is 17.9 Å². The number of carbonyl (C=O) groups is 2. The molecule has 1 aliphatic carbocycles. The van der Waals surface area contributed by atoms with Crippen LogP contribution in [-0.2, 0) is 9.59 Å². The Balaban J connectivity index is 2.59. The standard InChI is InChI=1S/C14H25NO3/c1-12(2,8-7-9(16)17)15-11(18)10-13(3,4)14(10,5)6/h10H,7-8H2,1-6H3,(H,15,18)(H,16,17). The van der Waals surface area contributed by atoms with Crippen LogP contribution in [0.2, 0.25) is 0 Å². The Kier molecular flexibility index (Phi) is 3.54. The largest absolute Gasteiger partial charge is 0.481 e. The van der Waals surface area contributed by atoms with Gasteiger partial charge in [-0.15, -0.1) is 0 Å². The van der Waals surface area contributed by atoms with Crippen molar-refractivity contribution in [1.82, 2.24) is 5.32 Å². The molecule has 1 rings (SSSR count). The quantitative estimate of drug-likeness (QED) is 0.793. The van der Waals surface area contributed by atoms with Gasteiger partial charge in [-0.25, -0.2) is 0 Å². The fourth-order valence-electron chi connectivity index (χ4n) is 2.74. The molecule has 0 aliphatic heterocycles. The lowest BCUT2D eigenvalue weighted by Gasteiger charge is -2.26. The lowest BCUT2D eigenvalue weighted by molar-refractivity contribution is -0.138. The molecule has 4 heteroatoms. The summed E-state index contributed by atoms with van der Waals surface area (Å²) in [5, 5.41) is 11.7. The van der Waals surface area contributed by atoms with Crippen molar-refractivity contribution in [2.24, 2.45) is 16.7 Å². The smallest absolute Gasteiger partial charge is 0.303 e. The van der Waals surface area contributed by atoms with Crippen LogP contribution in [0.25, 0.3) is 0 Å². The Morgan fingerprint density at radius 1 is 1.17 bits per heavy atom. The highest BCUT2D eigenvalue weighted by atomic mass is 16.4. The summed E-state index contributed by atoms with van der Waals surface area (Å²) in [6.45, 7) is 12.1. The van der Waals surface area contributed by atoms with Gasteiger partial charge in [-0.05, 0) is 31.1 Å². The number of amides is 1. The molecule has 0 saturated heterocycles. The third-order valence-electron chi connectivity index (χ3n) is 4.71. The molecule has 0 aromatic rings. The van der Waals surface area contributed by atoms with Gasteiger partial charge in [0.15, 0.2) is 0 Å². The van der Waals surface area contributed by atoms with Crippen LogP contribution in [0.4, 0.5) is 0 Å². The van der Waals surface area contributed by atoms with Gasteiger partial charge < -0.3 is 10.4 Å². The molecule has 1 saturated carbocycles. The molecule has 2 N–H and O–H groups in total. The molecule has 0 atom stereocenters. The normalized spacial score (nSPS) is 21.4. The van der Waals surface area contributed by atoms with E-state index >= 15 is 0 Å². The number of nitrogens with one attached hydrogen (secondary N) is 1. The Morgan fingerprint density at radius 2 is 1.61 bits per heavy atom. The van der Waals surface area contributed by atoms with Crippen LogP contribution in [0.3, 0.4) is 0 Å². The van der Waals surface area contributed by atoms with Crippen molar-refractivity contribution in [3.63, 3.8) is 0 Å². The van der Waals surface area contributed by atoms with E-state index in [0.29, 0.717) is 6.42 Å². The van der Waals surface area contributed by atoms with E-state index in [1.165, 1.54) is 0 Å². The van der Waals surface area contributed by atoms with Crippen molar-refractivity contribution < 1.29 is 14.7 Å². The highest BCUT2D eigenvalue weighted by Gasteiger charge is 2.68. The van der Waals surface area contributed by atoms with Crippen LogP contribution in [-0.4, -0.2) is 22.5 Å². The van der Waals surface area contributed by atoms with Crippen molar-refractivity contribution >= 4 is 11.9 Å². The zero-order valence-corrected chi connectivity index (χ0v) is 12.3. The van der Waals surface area contributed by atoms with E-state index in [9.17, 15) is 9.59 Å². The first-order valence-corrected chi connectivity index (χ1v) is 6.45. The minimum atomic E-state index is -0.829. The molecule has 0 aromatic carbocycles. The summed E-state index contributed by atoms with van der Waals surface area (Å²) >= 11 is 0. The maximum Gasteiger partial charge on any atom is 0.303 e. The first kappa shape index (κ1) is 15.0. The minimum absolute atomic E-state index is 0.00843. The monoisotopic (exact) mass is 255 g/mol. The van der Waals surface area contributed by atoms with Gasteiger partial charge in [0.05, 0.1) is 0 Å². The number of carbonyl (C=O) groups excluding carboxylic acids is 1. The summed E-state index contributed by atoms with van der Waals surface area (Å²) in [6, 6.07) is 0. The van der Waals surface area contributed by atoms with Crippen molar-refractivity contribution in [1.29, 1.82) is 0 Å². The van der Waals surface area contributed by atoms with Crippen molar-refractivity contribution in [2.45, 2.75) is 59.9 Å². The maximum absolute atomic E-state index is 12.2. The molecule has 18 heavy (non-hydrogen) atoms.